The Hall–Kier alpha value is -1.80. The fraction of sp³-hybridized carbons (Fsp3) is 0.455. The molecule has 0 spiro atoms. The highest BCUT2D eigenvalue weighted by molar-refractivity contribution is 6.76. The summed E-state index contributed by atoms with van der Waals surface area (Å²) in [5.41, 5.74) is 1.47. The summed E-state index contributed by atoms with van der Waals surface area (Å²) in [7, 11) is 0.378. The first-order chi connectivity index (χ1) is 14.7. The van der Waals surface area contributed by atoms with Crippen molar-refractivity contribution in [2.45, 2.75) is 38.0 Å². The van der Waals surface area contributed by atoms with Crippen molar-refractivity contribution in [1.82, 2.24) is 4.98 Å². The first kappa shape index (κ1) is 23.9. The zero-order valence-electron chi connectivity index (χ0n) is 18.3. The Morgan fingerprint density at radius 3 is 2.71 bits per heavy atom. The van der Waals surface area contributed by atoms with Crippen LogP contribution in [0.4, 0.5) is 5.69 Å². The number of amides is 1. The number of hydrogen-bond donors (Lipinski definition) is 0. The smallest absolute Gasteiger partial charge is 0.227 e. The molecule has 0 N–H and O–H groups in total. The van der Waals surface area contributed by atoms with Gasteiger partial charge in [0.05, 0.1) is 22.8 Å². The van der Waals surface area contributed by atoms with Gasteiger partial charge in [0, 0.05) is 51.4 Å². The average Bonchev–Trinajstić information content (AvgIpc) is 3.10. The minimum Gasteiger partial charge on any atom is -0.481 e. The molecule has 1 atom stereocenters. The van der Waals surface area contributed by atoms with Crippen LogP contribution >= 0.6 is 23.2 Å². The van der Waals surface area contributed by atoms with Crippen LogP contribution in [-0.2, 0) is 9.53 Å². The molecule has 0 aliphatic carbocycles. The Bertz CT molecular complexity index is 936. The average molecular weight is 483 g/mol. The highest BCUT2D eigenvalue weighted by atomic mass is 35.5. The van der Waals surface area contributed by atoms with Crippen molar-refractivity contribution in [3.05, 3.63) is 46.1 Å². The molecule has 2 aromatic rings. The fourth-order valence-corrected chi connectivity index (χ4v) is 4.66. The van der Waals surface area contributed by atoms with Gasteiger partial charge in [-0.1, -0.05) is 42.8 Å². The van der Waals surface area contributed by atoms with Gasteiger partial charge in [0.15, 0.2) is 6.79 Å². The number of methoxy groups -OCH3 is 1. The van der Waals surface area contributed by atoms with Crippen molar-refractivity contribution in [3.8, 4) is 11.6 Å². The van der Waals surface area contributed by atoms with Crippen LogP contribution in [0.25, 0.3) is 0 Å². The van der Waals surface area contributed by atoms with E-state index in [1.54, 1.807) is 42.5 Å². The van der Waals surface area contributed by atoms with Crippen LogP contribution in [0.1, 0.15) is 17.9 Å². The normalized spacial score (nSPS) is 16.6. The molecule has 1 aliphatic rings. The molecule has 0 saturated carbocycles. The first-order valence-electron chi connectivity index (χ1n) is 10.2. The summed E-state index contributed by atoms with van der Waals surface area (Å²) in [4.78, 5) is 18.6. The number of benzene rings is 1. The number of halogens is 2. The van der Waals surface area contributed by atoms with Crippen LogP contribution in [0.15, 0.2) is 30.5 Å². The molecular formula is C22H28Cl2N2O4Si. The molecule has 1 amide bonds. The molecule has 1 fully saturated rings. The molecule has 2 heterocycles. The number of ether oxygens (including phenoxy) is 3. The highest BCUT2D eigenvalue weighted by Crippen LogP contribution is 2.43. The van der Waals surface area contributed by atoms with Crippen molar-refractivity contribution >= 4 is 42.9 Å². The van der Waals surface area contributed by atoms with E-state index in [4.69, 9.17) is 37.4 Å². The van der Waals surface area contributed by atoms with Gasteiger partial charge < -0.3 is 19.1 Å². The van der Waals surface area contributed by atoms with E-state index >= 15 is 0 Å². The predicted molar refractivity (Wildman–Crippen MR) is 127 cm³/mol. The maximum absolute atomic E-state index is 12.8. The topological polar surface area (TPSA) is 60.9 Å². The van der Waals surface area contributed by atoms with E-state index in [-0.39, 0.29) is 18.6 Å². The van der Waals surface area contributed by atoms with Crippen LogP contribution in [-0.4, -0.2) is 46.0 Å². The van der Waals surface area contributed by atoms with Crippen molar-refractivity contribution < 1.29 is 19.0 Å². The van der Waals surface area contributed by atoms with E-state index in [0.29, 0.717) is 41.2 Å². The molecule has 6 nitrogen and oxygen atoms in total. The molecule has 0 bridgehead atoms. The van der Waals surface area contributed by atoms with Crippen molar-refractivity contribution in [1.29, 1.82) is 0 Å². The van der Waals surface area contributed by atoms with Crippen LogP contribution in [0.2, 0.25) is 35.7 Å². The number of carbonyl (C=O) groups excluding carboxylic acids is 1. The zero-order valence-corrected chi connectivity index (χ0v) is 20.8. The number of pyridine rings is 1. The second-order valence-corrected chi connectivity index (χ2v) is 15.1. The summed E-state index contributed by atoms with van der Waals surface area (Å²) in [5.74, 6) is 0.880. The summed E-state index contributed by atoms with van der Waals surface area (Å²) in [6.45, 7) is 8.15. The lowest BCUT2D eigenvalue weighted by molar-refractivity contribution is -0.117. The van der Waals surface area contributed by atoms with E-state index in [1.807, 2.05) is 0 Å². The summed E-state index contributed by atoms with van der Waals surface area (Å²) in [6.07, 6.45) is 1.92. The van der Waals surface area contributed by atoms with Gasteiger partial charge in [-0.05, 0) is 24.2 Å². The van der Waals surface area contributed by atoms with E-state index in [9.17, 15) is 4.79 Å². The van der Waals surface area contributed by atoms with Gasteiger partial charge in [0.1, 0.15) is 5.75 Å². The lowest BCUT2D eigenvalue weighted by atomic mass is 9.97. The summed E-state index contributed by atoms with van der Waals surface area (Å²) in [6, 6.07) is 8.07. The largest absolute Gasteiger partial charge is 0.481 e. The lowest BCUT2D eigenvalue weighted by Gasteiger charge is -2.20. The molecule has 0 radical (unpaired) electrons. The summed E-state index contributed by atoms with van der Waals surface area (Å²) in [5, 5.41) is 0.841. The number of anilines is 1. The minimum atomic E-state index is -1.17. The second-order valence-electron chi connectivity index (χ2n) is 8.72. The van der Waals surface area contributed by atoms with E-state index < -0.39 is 8.07 Å². The molecule has 3 rings (SSSR count). The van der Waals surface area contributed by atoms with E-state index in [0.717, 1.165) is 17.3 Å². The first-order valence-corrected chi connectivity index (χ1v) is 14.6. The SMILES string of the molecule is COc1cc(N2C[C@@H](c3c(OCOCC[Si](C)(C)C)ccc(Cl)c3Cl)CC2=O)ccn1. The number of carbonyl (C=O) groups is 1. The third kappa shape index (κ3) is 6.13. The van der Waals surface area contributed by atoms with Crippen molar-refractivity contribution in [2.24, 2.45) is 0 Å². The standard InChI is InChI=1S/C22H28Cl2N2O4Si/c1-28-19-12-16(7-8-25-19)26-13-15(11-20(26)27)21-18(6-5-17(23)22(21)24)30-14-29-9-10-31(2,3)4/h5-8,12,15H,9-11,13-14H2,1-4H3/t15-/m0/s1. The minimum absolute atomic E-state index is 0.00775. The predicted octanol–water partition coefficient (Wildman–Crippen LogP) is 5.61. The third-order valence-corrected chi connectivity index (χ3v) is 7.68. The van der Waals surface area contributed by atoms with Gasteiger partial charge >= 0.3 is 0 Å². The number of rotatable bonds is 9. The fourth-order valence-electron chi connectivity index (χ4n) is 3.43. The molecule has 1 aromatic carbocycles. The van der Waals surface area contributed by atoms with Gasteiger partial charge in [0.2, 0.25) is 11.8 Å². The van der Waals surface area contributed by atoms with E-state index in [1.165, 1.54) is 0 Å². The quantitative estimate of drug-likeness (QED) is 0.264. The zero-order chi connectivity index (χ0) is 22.6. The lowest BCUT2D eigenvalue weighted by Crippen LogP contribution is -2.24. The summed E-state index contributed by atoms with van der Waals surface area (Å²) >= 11 is 12.9. The van der Waals surface area contributed by atoms with Crippen molar-refractivity contribution in [3.63, 3.8) is 0 Å². The summed E-state index contributed by atoms with van der Waals surface area (Å²) < 4.78 is 16.8. The number of nitrogens with zero attached hydrogens (tertiary/aromatic N) is 2. The molecular weight excluding hydrogens is 455 g/mol. The Morgan fingerprint density at radius 1 is 1.23 bits per heavy atom. The van der Waals surface area contributed by atoms with Gasteiger partial charge in [0.25, 0.3) is 0 Å². The van der Waals surface area contributed by atoms with Crippen LogP contribution < -0.4 is 14.4 Å². The monoisotopic (exact) mass is 482 g/mol. The third-order valence-electron chi connectivity index (χ3n) is 5.16. The molecule has 31 heavy (non-hydrogen) atoms. The maximum atomic E-state index is 12.8. The molecule has 0 unspecified atom stereocenters. The Kier molecular flexibility index (Phi) is 7.86. The van der Waals surface area contributed by atoms with Gasteiger partial charge in [-0.15, -0.1) is 0 Å². The Morgan fingerprint density at radius 2 is 2.00 bits per heavy atom. The molecule has 9 heteroatoms. The van der Waals surface area contributed by atoms with Gasteiger partial charge in [-0.2, -0.15) is 0 Å². The van der Waals surface area contributed by atoms with Crippen LogP contribution in [0.5, 0.6) is 11.6 Å². The highest BCUT2D eigenvalue weighted by Gasteiger charge is 2.35. The van der Waals surface area contributed by atoms with Crippen LogP contribution in [0.3, 0.4) is 0 Å². The number of aromatic nitrogens is 1. The molecule has 168 valence electrons. The van der Waals surface area contributed by atoms with E-state index in [2.05, 4.69) is 24.6 Å². The van der Waals surface area contributed by atoms with Gasteiger partial charge in [-0.25, -0.2) is 4.98 Å². The van der Waals surface area contributed by atoms with Crippen molar-refractivity contribution in [2.75, 3.05) is 32.0 Å². The number of hydrogen-bond acceptors (Lipinski definition) is 5. The van der Waals surface area contributed by atoms with Gasteiger partial charge in [-0.3, -0.25) is 4.79 Å². The molecule has 1 aromatic heterocycles. The Balaban J connectivity index is 1.75. The molecule has 1 saturated heterocycles. The maximum Gasteiger partial charge on any atom is 0.227 e. The molecule has 1 aliphatic heterocycles. The Labute approximate surface area is 194 Å². The van der Waals surface area contributed by atoms with Crippen LogP contribution in [0, 0.1) is 0 Å². The second kappa shape index (κ2) is 10.2.